The second-order valence-corrected chi connectivity index (χ2v) is 5.86. The van der Waals surface area contributed by atoms with E-state index in [1.807, 2.05) is 44.2 Å². The van der Waals surface area contributed by atoms with Crippen LogP contribution < -0.4 is 5.32 Å². The highest BCUT2D eigenvalue weighted by atomic mass is 32.1. The molecule has 21 heavy (non-hydrogen) atoms. The number of nitrogens with one attached hydrogen (secondary N) is 1. The summed E-state index contributed by atoms with van der Waals surface area (Å²) in [5, 5.41) is 7.69. The first-order chi connectivity index (χ1) is 10.1. The Labute approximate surface area is 126 Å². The van der Waals surface area contributed by atoms with Gasteiger partial charge in [0.1, 0.15) is 0 Å². The van der Waals surface area contributed by atoms with Gasteiger partial charge >= 0.3 is 0 Å². The maximum absolute atomic E-state index is 12.3. The Kier molecular flexibility index (Phi) is 3.53. The van der Waals surface area contributed by atoms with Crippen molar-refractivity contribution in [2.24, 2.45) is 0 Å². The monoisotopic (exact) mass is 298 g/mol. The predicted molar refractivity (Wildman–Crippen MR) is 83.1 cm³/mol. The fourth-order valence-corrected chi connectivity index (χ4v) is 2.70. The summed E-state index contributed by atoms with van der Waals surface area (Å²) in [6.07, 6.45) is 3.32. The first kappa shape index (κ1) is 13.5. The Balaban J connectivity index is 1.87. The van der Waals surface area contributed by atoms with Gasteiger partial charge in [-0.15, -0.1) is 11.3 Å². The highest BCUT2D eigenvalue weighted by Crippen LogP contribution is 2.19. The van der Waals surface area contributed by atoms with Crippen molar-refractivity contribution in [2.75, 3.05) is 5.32 Å². The zero-order valence-electron chi connectivity index (χ0n) is 11.7. The number of aromatic nitrogens is 3. The summed E-state index contributed by atoms with van der Waals surface area (Å²) < 4.78 is 1.75. The van der Waals surface area contributed by atoms with Crippen molar-refractivity contribution >= 4 is 22.4 Å². The van der Waals surface area contributed by atoms with Crippen molar-refractivity contribution in [3.8, 4) is 5.69 Å². The molecular formula is C15H14N4OS. The van der Waals surface area contributed by atoms with Crippen LogP contribution in [0.3, 0.4) is 0 Å². The number of anilines is 1. The summed E-state index contributed by atoms with van der Waals surface area (Å²) in [5.74, 6) is -0.191. The molecule has 0 saturated carbocycles. The van der Waals surface area contributed by atoms with Gasteiger partial charge in [0.2, 0.25) is 0 Å². The largest absolute Gasteiger partial charge is 0.298 e. The maximum Gasteiger partial charge on any atom is 0.260 e. The molecule has 0 spiro atoms. The molecule has 2 aromatic heterocycles. The van der Waals surface area contributed by atoms with Crippen LogP contribution in [0.25, 0.3) is 5.69 Å². The topological polar surface area (TPSA) is 59.8 Å². The Hall–Kier alpha value is -2.47. The average molecular weight is 298 g/mol. The number of thiazole rings is 1. The third kappa shape index (κ3) is 2.71. The van der Waals surface area contributed by atoms with E-state index >= 15 is 0 Å². The van der Waals surface area contributed by atoms with Crippen molar-refractivity contribution in [1.82, 2.24) is 14.8 Å². The van der Waals surface area contributed by atoms with E-state index in [-0.39, 0.29) is 5.91 Å². The minimum Gasteiger partial charge on any atom is -0.298 e. The standard InChI is InChI=1S/C15H14N4OS/c1-10-8-16-15(21-10)18-14(20)13-9-17-19(11(13)2)12-6-4-3-5-7-12/h3-9H,1-2H3,(H,16,18,20). The molecule has 6 heteroatoms. The second-order valence-electron chi connectivity index (χ2n) is 4.62. The highest BCUT2D eigenvalue weighted by molar-refractivity contribution is 7.15. The zero-order valence-corrected chi connectivity index (χ0v) is 12.5. The lowest BCUT2D eigenvalue weighted by molar-refractivity contribution is 0.102. The summed E-state index contributed by atoms with van der Waals surface area (Å²) in [6, 6.07) is 9.72. The van der Waals surface area contributed by atoms with E-state index in [0.717, 1.165) is 16.3 Å². The number of hydrogen-bond donors (Lipinski definition) is 1. The molecule has 0 unspecified atom stereocenters. The molecule has 0 atom stereocenters. The van der Waals surface area contributed by atoms with Gasteiger partial charge < -0.3 is 0 Å². The van der Waals surface area contributed by atoms with E-state index in [4.69, 9.17) is 0 Å². The molecule has 1 amide bonds. The third-order valence-electron chi connectivity index (χ3n) is 3.10. The molecule has 5 nitrogen and oxygen atoms in total. The van der Waals surface area contributed by atoms with Gasteiger partial charge in [-0.25, -0.2) is 9.67 Å². The molecule has 3 rings (SSSR count). The quantitative estimate of drug-likeness (QED) is 0.807. The molecule has 106 valence electrons. The summed E-state index contributed by atoms with van der Waals surface area (Å²) in [7, 11) is 0. The van der Waals surface area contributed by atoms with Crippen molar-refractivity contribution < 1.29 is 4.79 Å². The Morgan fingerprint density at radius 3 is 2.62 bits per heavy atom. The fourth-order valence-electron chi connectivity index (χ4n) is 2.04. The van der Waals surface area contributed by atoms with E-state index in [9.17, 15) is 4.79 Å². The molecule has 0 radical (unpaired) electrons. The van der Waals surface area contributed by atoms with Crippen LogP contribution in [0.1, 0.15) is 20.9 Å². The van der Waals surface area contributed by atoms with Crippen LogP contribution in [0.5, 0.6) is 0 Å². The van der Waals surface area contributed by atoms with E-state index < -0.39 is 0 Å². The van der Waals surface area contributed by atoms with Gasteiger partial charge in [0, 0.05) is 11.1 Å². The second kappa shape index (κ2) is 5.49. The number of carbonyl (C=O) groups excluding carboxylic acids is 1. The van der Waals surface area contributed by atoms with Crippen LogP contribution in [0.15, 0.2) is 42.7 Å². The Morgan fingerprint density at radius 1 is 1.19 bits per heavy atom. The zero-order chi connectivity index (χ0) is 14.8. The lowest BCUT2D eigenvalue weighted by Crippen LogP contribution is -2.12. The molecule has 2 heterocycles. The average Bonchev–Trinajstić information content (AvgIpc) is 3.06. The lowest BCUT2D eigenvalue weighted by Gasteiger charge is -2.05. The van der Waals surface area contributed by atoms with Gasteiger partial charge in [-0.2, -0.15) is 5.10 Å². The molecule has 0 aliphatic heterocycles. The van der Waals surface area contributed by atoms with Gasteiger partial charge in [0.05, 0.1) is 23.1 Å². The Bertz CT molecular complexity index is 776. The van der Waals surface area contributed by atoms with Gasteiger partial charge in [-0.1, -0.05) is 18.2 Å². The molecule has 3 aromatic rings. The first-order valence-corrected chi connectivity index (χ1v) is 7.30. The van der Waals surface area contributed by atoms with Crippen LogP contribution in [0.4, 0.5) is 5.13 Å². The number of amides is 1. The molecule has 0 aliphatic rings. The smallest absolute Gasteiger partial charge is 0.260 e. The van der Waals surface area contributed by atoms with Gasteiger partial charge in [0.25, 0.3) is 5.91 Å². The summed E-state index contributed by atoms with van der Waals surface area (Å²) in [6.45, 7) is 3.83. The van der Waals surface area contributed by atoms with E-state index in [2.05, 4.69) is 15.4 Å². The van der Waals surface area contributed by atoms with Gasteiger partial charge in [-0.05, 0) is 26.0 Å². The number of rotatable bonds is 3. The van der Waals surface area contributed by atoms with Crippen molar-refractivity contribution in [1.29, 1.82) is 0 Å². The number of aryl methyl sites for hydroxylation is 1. The first-order valence-electron chi connectivity index (χ1n) is 6.49. The van der Waals surface area contributed by atoms with Crippen molar-refractivity contribution in [3.05, 3.63) is 58.9 Å². The van der Waals surface area contributed by atoms with Crippen molar-refractivity contribution in [2.45, 2.75) is 13.8 Å². The Morgan fingerprint density at radius 2 is 1.95 bits per heavy atom. The summed E-state index contributed by atoms with van der Waals surface area (Å²) in [5.41, 5.74) is 2.28. The molecule has 1 N–H and O–H groups in total. The van der Waals surface area contributed by atoms with Crippen LogP contribution in [-0.2, 0) is 0 Å². The molecule has 1 aromatic carbocycles. The van der Waals surface area contributed by atoms with Crippen LogP contribution >= 0.6 is 11.3 Å². The number of benzene rings is 1. The molecule has 0 fully saturated rings. The fraction of sp³-hybridized carbons (Fsp3) is 0.133. The minimum absolute atomic E-state index is 0.191. The number of carbonyl (C=O) groups is 1. The van der Waals surface area contributed by atoms with Gasteiger partial charge in [0.15, 0.2) is 5.13 Å². The maximum atomic E-state index is 12.3. The highest BCUT2D eigenvalue weighted by Gasteiger charge is 2.16. The van der Waals surface area contributed by atoms with E-state index in [1.54, 1.807) is 17.1 Å². The molecule has 0 saturated heterocycles. The molecule has 0 aliphatic carbocycles. The summed E-state index contributed by atoms with van der Waals surface area (Å²) >= 11 is 1.45. The van der Waals surface area contributed by atoms with Crippen LogP contribution in [0, 0.1) is 13.8 Å². The summed E-state index contributed by atoms with van der Waals surface area (Å²) in [4.78, 5) is 17.5. The minimum atomic E-state index is -0.191. The SMILES string of the molecule is Cc1cnc(NC(=O)c2cnn(-c3ccccc3)c2C)s1. The van der Waals surface area contributed by atoms with E-state index in [0.29, 0.717) is 10.7 Å². The molecular weight excluding hydrogens is 284 g/mol. The normalized spacial score (nSPS) is 10.6. The molecule has 0 bridgehead atoms. The number of nitrogens with zero attached hydrogens (tertiary/aromatic N) is 3. The predicted octanol–water partition coefficient (Wildman–Crippen LogP) is 3.20. The van der Waals surface area contributed by atoms with E-state index in [1.165, 1.54) is 11.3 Å². The van der Waals surface area contributed by atoms with Crippen LogP contribution in [-0.4, -0.2) is 20.7 Å². The third-order valence-corrected chi connectivity index (χ3v) is 3.93. The van der Waals surface area contributed by atoms with Gasteiger partial charge in [-0.3, -0.25) is 10.1 Å². The van der Waals surface area contributed by atoms with Crippen LogP contribution in [0.2, 0.25) is 0 Å². The number of para-hydroxylation sites is 1. The lowest BCUT2D eigenvalue weighted by atomic mass is 10.2. The number of hydrogen-bond acceptors (Lipinski definition) is 4. The van der Waals surface area contributed by atoms with Crippen molar-refractivity contribution in [3.63, 3.8) is 0 Å².